The summed E-state index contributed by atoms with van der Waals surface area (Å²) in [7, 11) is 0. The van der Waals surface area contributed by atoms with Crippen LogP contribution in [0.5, 0.6) is 11.5 Å². The minimum atomic E-state index is -0.221. The molecule has 0 radical (unpaired) electrons. The Balaban J connectivity index is 1.66. The molecule has 0 saturated heterocycles. The van der Waals surface area contributed by atoms with Crippen LogP contribution in [0.3, 0.4) is 0 Å². The van der Waals surface area contributed by atoms with E-state index in [4.69, 9.17) is 9.47 Å². The molecule has 4 heteroatoms. The van der Waals surface area contributed by atoms with Crippen molar-refractivity contribution >= 4 is 11.6 Å². The van der Waals surface area contributed by atoms with E-state index in [1.807, 2.05) is 37.3 Å². The van der Waals surface area contributed by atoms with Crippen molar-refractivity contribution < 1.29 is 14.3 Å². The Morgan fingerprint density at radius 1 is 1.00 bits per heavy atom. The van der Waals surface area contributed by atoms with Gasteiger partial charge in [-0.1, -0.05) is 38.1 Å². The molecule has 132 valence electrons. The highest BCUT2D eigenvalue weighted by atomic mass is 16.6. The second kappa shape index (κ2) is 7.60. The van der Waals surface area contributed by atoms with Gasteiger partial charge in [-0.3, -0.25) is 4.79 Å². The normalized spacial score (nSPS) is 14.2. The van der Waals surface area contributed by atoms with Gasteiger partial charge in [0.15, 0.2) is 11.5 Å². The predicted molar refractivity (Wildman–Crippen MR) is 99.5 cm³/mol. The first kappa shape index (κ1) is 17.3. The fourth-order valence-corrected chi connectivity index (χ4v) is 2.94. The monoisotopic (exact) mass is 339 g/mol. The van der Waals surface area contributed by atoms with E-state index in [0.717, 1.165) is 23.4 Å². The van der Waals surface area contributed by atoms with Gasteiger partial charge in [-0.15, -0.1) is 0 Å². The van der Waals surface area contributed by atoms with E-state index >= 15 is 0 Å². The Morgan fingerprint density at radius 3 is 2.36 bits per heavy atom. The van der Waals surface area contributed by atoms with Crippen molar-refractivity contribution in [2.45, 2.75) is 33.1 Å². The Labute approximate surface area is 149 Å². The van der Waals surface area contributed by atoms with Crippen LogP contribution in [0.15, 0.2) is 42.5 Å². The lowest BCUT2D eigenvalue weighted by molar-refractivity contribution is -0.117. The average Bonchev–Trinajstić information content (AvgIpc) is 2.61. The van der Waals surface area contributed by atoms with Gasteiger partial charge >= 0.3 is 0 Å². The maximum atomic E-state index is 12.6. The van der Waals surface area contributed by atoms with E-state index in [2.05, 4.69) is 31.3 Å². The van der Waals surface area contributed by atoms with Crippen LogP contribution < -0.4 is 14.8 Å². The lowest BCUT2D eigenvalue weighted by atomic mass is 9.96. The standard InChI is InChI=1S/C21H25NO3/c1-14(2)12-16-4-6-17(7-5-16)15(3)21(23)22-18-8-9-19-20(13-18)25-11-10-24-19/h4-9,13-15H,10-12H2,1-3H3,(H,22,23). The molecule has 1 aliphatic heterocycles. The largest absolute Gasteiger partial charge is 0.486 e. The summed E-state index contributed by atoms with van der Waals surface area (Å²) in [6.07, 6.45) is 1.05. The molecule has 1 unspecified atom stereocenters. The lowest BCUT2D eigenvalue weighted by Gasteiger charge is -2.19. The number of anilines is 1. The topological polar surface area (TPSA) is 47.6 Å². The molecule has 0 fully saturated rings. The van der Waals surface area contributed by atoms with Gasteiger partial charge in [0, 0.05) is 11.8 Å². The number of fused-ring (bicyclic) bond motifs is 1. The van der Waals surface area contributed by atoms with E-state index < -0.39 is 0 Å². The molecule has 4 nitrogen and oxygen atoms in total. The summed E-state index contributed by atoms with van der Waals surface area (Å²) in [5, 5.41) is 2.96. The molecule has 3 rings (SSSR count). The molecule has 0 bridgehead atoms. The van der Waals surface area contributed by atoms with Crippen molar-refractivity contribution in [2.75, 3.05) is 18.5 Å². The van der Waals surface area contributed by atoms with E-state index in [-0.39, 0.29) is 11.8 Å². The number of rotatable bonds is 5. The zero-order chi connectivity index (χ0) is 17.8. The number of amides is 1. The Morgan fingerprint density at radius 2 is 1.68 bits per heavy atom. The fraction of sp³-hybridized carbons (Fsp3) is 0.381. The maximum absolute atomic E-state index is 12.6. The zero-order valence-corrected chi connectivity index (χ0v) is 15.0. The molecule has 2 aromatic carbocycles. The molecule has 0 saturated carbocycles. The predicted octanol–water partition coefficient (Wildman–Crippen LogP) is 4.40. The molecule has 0 aromatic heterocycles. The van der Waals surface area contributed by atoms with Crippen LogP contribution >= 0.6 is 0 Å². The summed E-state index contributed by atoms with van der Waals surface area (Å²) in [5.41, 5.74) is 3.04. The third-order valence-electron chi connectivity index (χ3n) is 4.33. The summed E-state index contributed by atoms with van der Waals surface area (Å²) >= 11 is 0. The van der Waals surface area contributed by atoms with Crippen LogP contribution in [0.25, 0.3) is 0 Å². The quantitative estimate of drug-likeness (QED) is 0.878. The van der Waals surface area contributed by atoms with Gasteiger partial charge in [0.05, 0.1) is 5.92 Å². The van der Waals surface area contributed by atoms with Gasteiger partial charge < -0.3 is 14.8 Å². The maximum Gasteiger partial charge on any atom is 0.231 e. The molecule has 0 aliphatic carbocycles. The number of nitrogens with one attached hydrogen (secondary N) is 1. The van der Waals surface area contributed by atoms with Crippen molar-refractivity contribution in [1.29, 1.82) is 0 Å². The summed E-state index contributed by atoms with van der Waals surface area (Å²) < 4.78 is 11.1. The third-order valence-corrected chi connectivity index (χ3v) is 4.33. The Kier molecular flexibility index (Phi) is 5.27. The summed E-state index contributed by atoms with van der Waals surface area (Å²) in [5.74, 6) is 1.77. The van der Waals surface area contributed by atoms with E-state index in [9.17, 15) is 4.79 Å². The number of ether oxygens (including phenoxy) is 2. The van der Waals surface area contributed by atoms with Crippen molar-refractivity contribution in [3.8, 4) is 11.5 Å². The first-order valence-electron chi connectivity index (χ1n) is 8.82. The molecule has 25 heavy (non-hydrogen) atoms. The molecule has 1 atom stereocenters. The number of hydrogen-bond acceptors (Lipinski definition) is 3. The summed E-state index contributed by atoms with van der Waals surface area (Å²) in [6, 6.07) is 13.8. The minimum absolute atomic E-state index is 0.0340. The average molecular weight is 339 g/mol. The van der Waals surface area contributed by atoms with Crippen molar-refractivity contribution in [2.24, 2.45) is 5.92 Å². The second-order valence-corrected chi connectivity index (χ2v) is 6.91. The Hall–Kier alpha value is -2.49. The zero-order valence-electron chi connectivity index (χ0n) is 15.0. The first-order chi connectivity index (χ1) is 12.0. The number of benzene rings is 2. The number of carbonyl (C=O) groups is 1. The SMILES string of the molecule is CC(C)Cc1ccc(C(C)C(=O)Nc2ccc3c(c2)OCCO3)cc1. The van der Waals surface area contributed by atoms with Gasteiger partial charge in [0.2, 0.25) is 5.91 Å². The molecule has 2 aromatic rings. The van der Waals surface area contributed by atoms with Gasteiger partial charge in [-0.05, 0) is 42.5 Å². The van der Waals surface area contributed by atoms with Crippen LogP contribution in [0, 0.1) is 5.92 Å². The van der Waals surface area contributed by atoms with Gasteiger partial charge in [-0.25, -0.2) is 0 Å². The van der Waals surface area contributed by atoms with Gasteiger partial charge in [-0.2, -0.15) is 0 Å². The number of hydrogen-bond donors (Lipinski definition) is 1. The molecular formula is C21H25NO3. The number of carbonyl (C=O) groups excluding carboxylic acids is 1. The smallest absolute Gasteiger partial charge is 0.231 e. The summed E-state index contributed by atoms with van der Waals surface area (Å²) in [4.78, 5) is 12.6. The first-order valence-corrected chi connectivity index (χ1v) is 8.82. The molecule has 1 aliphatic rings. The van der Waals surface area contributed by atoms with Crippen molar-refractivity contribution in [3.63, 3.8) is 0 Å². The van der Waals surface area contributed by atoms with Crippen molar-refractivity contribution in [3.05, 3.63) is 53.6 Å². The van der Waals surface area contributed by atoms with Crippen LogP contribution in [-0.2, 0) is 11.2 Å². The van der Waals surface area contributed by atoms with Crippen LogP contribution in [0.1, 0.15) is 37.8 Å². The molecule has 1 heterocycles. The highest BCUT2D eigenvalue weighted by Gasteiger charge is 2.17. The van der Waals surface area contributed by atoms with Crippen molar-refractivity contribution in [1.82, 2.24) is 0 Å². The summed E-state index contributed by atoms with van der Waals surface area (Å²) in [6.45, 7) is 7.42. The van der Waals surface area contributed by atoms with E-state index in [0.29, 0.717) is 24.9 Å². The van der Waals surface area contributed by atoms with Gasteiger partial charge in [0.25, 0.3) is 0 Å². The third kappa shape index (κ3) is 4.32. The van der Waals surface area contributed by atoms with E-state index in [1.165, 1.54) is 5.56 Å². The van der Waals surface area contributed by atoms with E-state index in [1.54, 1.807) is 0 Å². The minimum Gasteiger partial charge on any atom is -0.486 e. The fourth-order valence-electron chi connectivity index (χ4n) is 2.94. The molecule has 1 N–H and O–H groups in total. The molecule has 0 spiro atoms. The van der Waals surface area contributed by atoms with Crippen LogP contribution in [0.2, 0.25) is 0 Å². The molecule has 1 amide bonds. The highest BCUT2D eigenvalue weighted by molar-refractivity contribution is 5.95. The lowest BCUT2D eigenvalue weighted by Crippen LogP contribution is -2.19. The van der Waals surface area contributed by atoms with Crippen LogP contribution in [0.4, 0.5) is 5.69 Å². The van der Waals surface area contributed by atoms with Gasteiger partial charge in [0.1, 0.15) is 13.2 Å². The van der Waals surface area contributed by atoms with Crippen LogP contribution in [-0.4, -0.2) is 19.1 Å². The highest BCUT2D eigenvalue weighted by Crippen LogP contribution is 2.33. The molecular weight excluding hydrogens is 314 g/mol. The Bertz CT molecular complexity index is 737. The second-order valence-electron chi connectivity index (χ2n) is 6.91.